The first-order valence-corrected chi connectivity index (χ1v) is 8.19. The van der Waals surface area contributed by atoms with Crippen LogP contribution in [0.25, 0.3) is 0 Å². The highest BCUT2D eigenvalue weighted by Crippen LogP contribution is 2.23. The van der Waals surface area contributed by atoms with Crippen LogP contribution in [0.2, 0.25) is 5.02 Å². The van der Waals surface area contributed by atoms with Crippen LogP contribution in [0, 0.1) is 0 Å². The summed E-state index contributed by atoms with van der Waals surface area (Å²) < 4.78 is 28.0. The zero-order valence-corrected chi connectivity index (χ0v) is 12.8. The number of sulfonamides is 1. The normalized spacial score (nSPS) is 13.3. The molecular formula is C13H16ClN3O2S. The third-order valence-corrected chi connectivity index (χ3v) is 4.52. The first-order valence-electron chi connectivity index (χ1n) is 6.16. The molecule has 1 atom stereocenters. The van der Waals surface area contributed by atoms with Crippen molar-refractivity contribution in [1.29, 1.82) is 0 Å². The molecule has 1 heterocycles. The fourth-order valence-corrected chi connectivity index (χ4v) is 2.71. The van der Waals surface area contributed by atoms with Gasteiger partial charge in [0.2, 0.25) is 10.0 Å². The fraction of sp³-hybridized carbons (Fsp3) is 0.308. The number of nitrogens with zero attached hydrogens (tertiary/aromatic N) is 2. The van der Waals surface area contributed by atoms with Gasteiger partial charge in [0.25, 0.3) is 0 Å². The highest BCUT2D eigenvalue weighted by atomic mass is 35.5. The molecule has 0 radical (unpaired) electrons. The van der Waals surface area contributed by atoms with Crippen molar-refractivity contribution in [3.8, 4) is 0 Å². The van der Waals surface area contributed by atoms with Crippen molar-refractivity contribution in [1.82, 2.24) is 14.5 Å². The lowest BCUT2D eigenvalue weighted by molar-refractivity contribution is 0.569. The van der Waals surface area contributed by atoms with Crippen LogP contribution in [0.1, 0.15) is 24.2 Å². The lowest BCUT2D eigenvalue weighted by Gasteiger charge is -2.17. The maximum atomic E-state index is 11.9. The Hall–Kier alpha value is -1.37. The van der Waals surface area contributed by atoms with Crippen LogP contribution in [0.15, 0.2) is 36.5 Å². The van der Waals surface area contributed by atoms with Crippen molar-refractivity contribution in [3.05, 3.63) is 52.8 Å². The number of rotatable bonds is 5. The van der Waals surface area contributed by atoms with Gasteiger partial charge in [0.15, 0.2) is 0 Å². The molecule has 0 aliphatic carbocycles. The molecule has 1 aromatic heterocycles. The molecule has 5 nitrogen and oxygen atoms in total. The third kappa shape index (κ3) is 3.59. The molecule has 20 heavy (non-hydrogen) atoms. The minimum absolute atomic E-state index is 0.0178. The highest BCUT2D eigenvalue weighted by molar-refractivity contribution is 7.89. The zero-order chi connectivity index (χ0) is 14.8. The minimum atomic E-state index is -3.35. The largest absolute Gasteiger partial charge is 0.275 e. The Bertz CT molecular complexity index is 680. The van der Waals surface area contributed by atoms with Crippen LogP contribution < -0.4 is 4.72 Å². The van der Waals surface area contributed by atoms with Gasteiger partial charge in [-0.05, 0) is 30.7 Å². The van der Waals surface area contributed by atoms with Crippen molar-refractivity contribution in [2.24, 2.45) is 7.05 Å². The Labute approximate surface area is 123 Å². The number of halogens is 1. The Kier molecular flexibility index (Phi) is 4.47. The molecule has 108 valence electrons. The van der Waals surface area contributed by atoms with Gasteiger partial charge in [-0.25, -0.2) is 13.1 Å². The summed E-state index contributed by atoms with van der Waals surface area (Å²) in [6, 6.07) is 8.32. The Morgan fingerprint density at radius 2 is 1.95 bits per heavy atom. The van der Waals surface area contributed by atoms with Gasteiger partial charge in [-0.3, -0.25) is 4.68 Å². The van der Waals surface area contributed by atoms with Crippen LogP contribution in [-0.2, 0) is 17.1 Å². The van der Waals surface area contributed by atoms with Crippen LogP contribution in [0.5, 0.6) is 0 Å². The number of hydrogen-bond acceptors (Lipinski definition) is 3. The average Bonchev–Trinajstić information content (AvgIpc) is 2.84. The standard InChI is InChI=1S/C13H16ClN3O2S/c1-3-20(18,19)16-13(12-8-9-17(2)15-12)10-4-6-11(14)7-5-10/h4-9,13,16H,3H2,1-2H3/t13-/m1/s1. The molecular weight excluding hydrogens is 298 g/mol. The molecule has 1 N–H and O–H groups in total. The van der Waals surface area contributed by atoms with E-state index in [4.69, 9.17) is 11.6 Å². The lowest BCUT2D eigenvalue weighted by Crippen LogP contribution is -2.31. The number of aryl methyl sites for hydroxylation is 1. The number of benzene rings is 1. The SMILES string of the molecule is CCS(=O)(=O)N[C@H](c1ccc(Cl)cc1)c1ccn(C)n1. The van der Waals surface area contributed by atoms with Gasteiger partial charge in [0, 0.05) is 18.3 Å². The highest BCUT2D eigenvalue weighted by Gasteiger charge is 2.22. The Morgan fingerprint density at radius 3 is 2.45 bits per heavy atom. The summed E-state index contributed by atoms with van der Waals surface area (Å²) >= 11 is 5.87. The van der Waals surface area contributed by atoms with Crippen molar-refractivity contribution in [2.45, 2.75) is 13.0 Å². The van der Waals surface area contributed by atoms with E-state index in [1.807, 2.05) is 0 Å². The van der Waals surface area contributed by atoms with E-state index in [1.165, 1.54) is 0 Å². The molecule has 0 aliphatic heterocycles. The van der Waals surface area contributed by atoms with Crippen LogP contribution in [0.4, 0.5) is 0 Å². The van der Waals surface area contributed by atoms with Gasteiger partial charge in [-0.15, -0.1) is 0 Å². The molecule has 0 bridgehead atoms. The lowest BCUT2D eigenvalue weighted by atomic mass is 10.1. The molecule has 0 aliphatic rings. The summed E-state index contributed by atoms with van der Waals surface area (Å²) in [5, 5.41) is 4.89. The summed E-state index contributed by atoms with van der Waals surface area (Å²) in [4.78, 5) is 0. The average molecular weight is 314 g/mol. The summed E-state index contributed by atoms with van der Waals surface area (Å²) in [6.45, 7) is 1.60. The van der Waals surface area contributed by atoms with E-state index in [0.717, 1.165) is 5.56 Å². The molecule has 1 aromatic carbocycles. The van der Waals surface area contributed by atoms with Crippen LogP contribution >= 0.6 is 11.6 Å². The van der Waals surface area contributed by atoms with Crippen LogP contribution in [-0.4, -0.2) is 24.0 Å². The molecule has 2 aromatic rings. The van der Waals surface area contributed by atoms with E-state index in [2.05, 4.69) is 9.82 Å². The van der Waals surface area contributed by atoms with Crippen LogP contribution in [0.3, 0.4) is 0 Å². The quantitative estimate of drug-likeness (QED) is 0.919. The van der Waals surface area contributed by atoms with E-state index in [9.17, 15) is 8.42 Å². The molecule has 0 fully saturated rings. The Balaban J connectivity index is 2.41. The summed E-state index contributed by atoms with van der Waals surface area (Å²) in [5.74, 6) is 0.0178. The molecule has 0 saturated heterocycles. The van der Waals surface area contributed by atoms with Gasteiger partial charge in [-0.1, -0.05) is 23.7 Å². The van der Waals surface area contributed by atoms with E-state index < -0.39 is 16.1 Å². The van der Waals surface area contributed by atoms with Gasteiger partial charge in [0.05, 0.1) is 17.5 Å². The zero-order valence-electron chi connectivity index (χ0n) is 11.2. The number of hydrogen-bond donors (Lipinski definition) is 1. The summed E-state index contributed by atoms with van der Waals surface area (Å²) in [7, 11) is -1.56. The second-order valence-corrected chi connectivity index (χ2v) is 6.90. The van der Waals surface area contributed by atoms with E-state index >= 15 is 0 Å². The third-order valence-electron chi connectivity index (χ3n) is 2.91. The number of nitrogens with one attached hydrogen (secondary N) is 1. The molecule has 2 rings (SSSR count). The van der Waals surface area contributed by atoms with E-state index in [1.54, 1.807) is 55.2 Å². The van der Waals surface area contributed by atoms with Crippen molar-refractivity contribution >= 4 is 21.6 Å². The molecule has 0 saturated carbocycles. The predicted octanol–water partition coefficient (Wildman–Crippen LogP) is 2.10. The van der Waals surface area contributed by atoms with Crippen molar-refractivity contribution in [3.63, 3.8) is 0 Å². The molecule has 0 spiro atoms. The summed E-state index contributed by atoms with van der Waals surface area (Å²) in [5.41, 5.74) is 1.44. The summed E-state index contributed by atoms with van der Waals surface area (Å²) in [6.07, 6.45) is 1.78. The smallest absolute Gasteiger partial charge is 0.212 e. The van der Waals surface area contributed by atoms with Gasteiger partial charge < -0.3 is 0 Å². The monoisotopic (exact) mass is 313 g/mol. The second kappa shape index (κ2) is 5.95. The van der Waals surface area contributed by atoms with E-state index in [-0.39, 0.29) is 5.75 Å². The maximum Gasteiger partial charge on any atom is 0.212 e. The first-order chi connectivity index (χ1) is 9.41. The molecule has 7 heteroatoms. The van der Waals surface area contributed by atoms with E-state index in [0.29, 0.717) is 10.7 Å². The Morgan fingerprint density at radius 1 is 1.30 bits per heavy atom. The minimum Gasteiger partial charge on any atom is -0.275 e. The van der Waals surface area contributed by atoms with Crippen molar-refractivity contribution in [2.75, 3.05) is 5.75 Å². The number of aromatic nitrogens is 2. The first kappa shape index (κ1) is 15.0. The molecule has 0 unspecified atom stereocenters. The van der Waals surface area contributed by atoms with Gasteiger partial charge >= 0.3 is 0 Å². The van der Waals surface area contributed by atoms with Gasteiger partial charge in [0.1, 0.15) is 0 Å². The predicted molar refractivity (Wildman–Crippen MR) is 79.1 cm³/mol. The maximum absolute atomic E-state index is 11.9. The fourth-order valence-electron chi connectivity index (χ4n) is 1.80. The molecule has 0 amide bonds. The topological polar surface area (TPSA) is 64.0 Å². The van der Waals surface area contributed by atoms with Crippen molar-refractivity contribution < 1.29 is 8.42 Å². The second-order valence-electron chi connectivity index (χ2n) is 4.42. The van der Waals surface area contributed by atoms with Gasteiger partial charge in [-0.2, -0.15) is 5.10 Å².